The van der Waals surface area contributed by atoms with E-state index in [0.717, 1.165) is 30.2 Å². The monoisotopic (exact) mass is 265 g/mol. The molecule has 0 atom stereocenters. The molecular weight excluding hydrogens is 250 g/mol. The molecule has 0 spiro atoms. The molecule has 2 N–H and O–H groups in total. The normalized spacial score (nSPS) is 10.4. The van der Waals surface area contributed by atoms with Gasteiger partial charge in [-0.15, -0.1) is 23.1 Å². The van der Waals surface area contributed by atoms with Gasteiger partial charge in [-0.25, -0.2) is 0 Å². The number of ether oxygens (including phenoxy) is 1. The molecule has 0 bridgehead atoms. The topological polar surface area (TPSA) is 35.2 Å². The number of benzene rings is 1. The zero-order chi connectivity index (χ0) is 11.9. The summed E-state index contributed by atoms with van der Waals surface area (Å²) in [6, 6.07) is 11.8. The lowest BCUT2D eigenvalue weighted by Gasteiger charge is -2.06. The molecule has 1 aromatic heterocycles. The Morgan fingerprint density at radius 2 is 2.18 bits per heavy atom. The minimum atomic E-state index is 0.738. The molecule has 0 radical (unpaired) electrons. The Bertz CT molecular complexity index is 442. The second-order valence-electron chi connectivity index (χ2n) is 3.56. The Kier molecular flexibility index (Phi) is 4.76. The Morgan fingerprint density at radius 1 is 1.24 bits per heavy atom. The summed E-state index contributed by atoms with van der Waals surface area (Å²) >= 11 is 3.66. The average Bonchev–Trinajstić information content (AvgIpc) is 2.82. The number of hydrogen-bond acceptors (Lipinski definition) is 4. The Morgan fingerprint density at radius 3 is 2.94 bits per heavy atom. The average molecular weight is 265 g/mol. The van der Waals surface area contributed by atoms with E-state index in [1.165, 1.54) is 4.21 Å². The molecule has 17 heavy (non-hydrogen) atoms. The highest BCUT2D eigenvalue weighted by Gasteiger charge is 1.96. The van der Waals surface area contributed by atoms with Crippen molar-refractivity contribution in [2.45, 2.75) is 10.6 Å². The van der Waals surface area contributed by atoms with Crippen molar-refractivity contribution in [3.63, 3.8) is 0 Å². The summed E-state index contributed by atoms with van der Waals surface area (Å²) in [7, 11) is 0. The summed E-state index contributed by atoms with van der Waals surface area (Å²) in [4.78, 5) is 0. The second-order valence-corrected chi connectivity index (χ2v) is 5.90. The van der Waals surface area contributed by atoms with Crippen LogP contribution in [0.15, 0.2) is 46.0 Å². The molecule has 4 heteroatoms. The zero-order valence-electron chi connectivity index (χ0n) is 9.46. The van der Waals surface area contributed by atoms with Crippen molar-refractivity contribution in [3.8, 4) is 5.75 Å². The van der Waals surface area contributed by atoms with Crippen molar-refractivity contribution in [3.05, 3.63) is 41.8 Å². The van der Waals surface area contributed by atoms with Crippen LogP contribution in [0.5, 0.6) is 5.75 Å². The molecule has 0 saturated carbocycles. The Hall–Kier alpha value is -1.13. The number of thiophene rings is 1. The maximum absolute atomic E-state index is 5.67. The molecule has 0 fully saturated rings. The van der Waals surface area contributed by atoms with E-state index in [-0.39, 0.29) is 0 Å². The summed E-state index contributed by atoms with van der Waals surface area (Å²) in [6.45, 7) is 0.738. The van der Waals surface area contributed by atoms with Crippen molar-refractivity contribution in [1.29, 1.82) is 0 Å². The standard InChI is InChI=1S/C13H15NOS2/c14-11-4-1-5-12(10-11)15-7-3-9-17-13-6-2-8-16-13/h1-2,4-6,8,10H,3,7,9,14H2. The van der Waals surface area contributed by atoms with Crippen molar-refractivity contribution in [2.24, 2.45) is 0 Å². The molecule has 0 aliphatic rings. The lowest BCUT2D eigenvalue weighted by Crippen LogP contribution is -1.99. The minimum absolute atomic E-state index is 0.738. The van der Waals surface area contributed by atoms with Gasteiger partial charge in [0.15, 0.2) is 0 Å². The SMILES string of the molecule is Nc1cccc(OCCCSc2cccs2)c1. The maximum Gasteiger partial charge on any atom is 0.121 e. The molecule has 90 valence electrons. The molecule has 2 rings (SSSR count). The lowest BCUT2D eigenvalue weighted by molar-refractivity contribution is 0.319. The molecule has 0 saturated heterocycles. The van der Waals surface area contributed by atoms with E-state index in [1.54, 1.807) is 11.3 Å². The van der Waals surface area contributed by atoms with Gasteiger partial charge in [0.25, 0.3) is 0 Å². The number of rotatable bonds is 6. The fourth-order valence-corrected chi connectivity index (χ4v) is 3.15. The van der Waals surface area contributed by atoms with Crippen LogP contribution in [0.3, 0.4) is 0 Å². The van der Waals surface area contributed by atoms with Crippen molar-refractivity contribution >= 4 is 28.8 Å². The van der Waals surface area contributed by atoms with Crippen LogP contribution < -0.4 is 10.5 Å². The molecular formula is C13H15NOS2. The van der Waals surface area contributed by atoms with Gasteiger partial charge in [0.1, 0.15) is 5.75 Å². The van der Waals surface area contributed by atoms with Crippen LogP contribution in [-0.2, 0) is 0 Å². The van der Waals surface area contributed by atoms with Gasteiger partial charge in [0.2, 0.25) is 0 Å². The van der Waals surface area contributed by atoms with Gasteiger partial charge in [-0.05, 0) is 30.0 Å². The predicted molar refractivity (Wildman–Crippen MR) is 76.0 cm³/mol. The molecule has 0 aliphatic heterocycles. The molecule has 2 nitrogen and oxygen atoms in total. The largest absolute Gasteiger partial charge is 0.493 e. The van der Waals surface area contributed by atoms with Crippen LogP contribution in [0.2, 0.25) is 0 Å². The van der Waals surface area contributed by atoms with Gasteiger partial charge >= 0.3 is 0 Å². The number of nitrogen functional groups attached to an aromatic ring is 1. The second kappa shape index (κ2) is 6.57. The molecule has 0 unspecified atom stereocenters. The van der Waals surface area contributed by atoms with E-state index in [0.29, 0.717) is 0 Å². The third-order valence-electron chi connectivity index (χ3n) is 2.15. The van der Waals surface area contributed by atoms with E-state index in [1.807, 2.05) is 36.0 Å². The third kappa shape index (κ3) is 4.32. The van der Waals surface area contributed by atoms with Crippen LogP contribution in [0.4, 0.5) is 5.69 Å². The van der Waals surface area contributed by atoms with Crippen LogP contribution in [0.1, 0.15) is 6.42 Å². The predicted octanol–water partition coefficient (Wildman–Crippen LogP) is 3.89. The highest BCUT2D eigenvalue weighted by atomic mass is 32.2. The van der Waals surface area contributed by atoms with Gasteiger partial charge in [-0.1, -0.05) is 12.1 Å². The van der Waals surface area contributed by atoms with Crippen LogP contribution in [0, 0.1) is 0 Å². The summed E-state index contributed by atoms with van der Waals surface area (Å²) in [6.07, 6.45) is 1.04. The van der Waals surface area contributed by atoms with E-state index < -0.39 is 0 Å². The van der Waals surface area contributed by atoms with Gasteiger partial charge in [0.05, 0.1) is 10.8 Å². The van der Waals surface area contributed by atoms with Gasteiger partial charge in [-0.2, -0.15) is 0 Å². The van der Waals surface area contributed by atoms with E-state index in [9.17, 15) is 0 Å². The summed E-state index contributed by atoms with van der Waals surface area (Å²) in [5.41, 5.74) is 6.42. The van der Waals surface area contributed by atoms with Gasteiger partial charge < -0.3 is 10.5 Å². The van der Waals surface area contributed by atoms with Crippen molar-refractivity contribution < 1.29 is 4.74 Å². The molecule has 2 aromatic rings. The summed E-state index contributed by atoms with van der Waals surface area (Å²) < 4.78 is 6.99. The van der Waals surface area contributed by atoms with E-state index in [4.69, 9.17) is 10.5 Å². The molecule has 0 amide bonds. The fourth-order valence-electron chi connectivity index (χ4n) is 1.37. The Labute approximate surface area is 110 Å². The molecule has 1 aromatic carbocycles. The first-order chi connectivity index (χ1) is 8.34. The molecule has 0 aliphatic carbocycles. The summed E-state index contributed by atoms with van der Waals surface area (Å²) in [5, 5.41) is 2.10. The first-order valence-corrected chi connectivity index (χ1v) is 7.36. The highest BCUT2D eigenvalue weighted by Crippen LogP contribution is 2.24. The number of hydrogen-bond donors (Lipinski definition) is 1. The van der Waals surface area contributed by atoms with Crippen LogP contribution >= 0.6 is 23.1 Å². The Balaban J connectivity index is 1.63. The zero-order valence-corrected chi connectivity index (χ0v) is 11.1. The van der Waals surface area contributed by atoms with Gasteiger partial charge in [0, 0.05) is 17.5 Å². The first-order valence-electron chi connectivity index (χ1n) is 5.49. The minimum Gasteiger partial charge on any atom is -0.493 e. The number of nitrogens with two attached hydrogens (primary N) is 1. The quantitative estimate of drug-likeness (QED) is 0.489. The number of anilines is 1. The van der Waals surface area contributed by atoms with Crippen LogP contribution in [0.25, 0.3) is 0 Å². The van der Waals surface area contributed by atoms with Crippen molar-refractivity contribution in [2.75, 3.05) is 18.1 Å². The smallest absolute Gasteiger partial charge is 0.121 e. The van der Waals surface area contributed by atoms with Gasteiger partial charge in [-0.3, -0.25) is 0 Å². The fraction of sp³-hybridized carbons (Fsp3) is 0.231. The van der Waals surface area contributed by atoms with E-state index in [2.05, 4.69) is 17.5 Å². The van der Waals surface area contributed by atoms with E-state index >= 15 is 0 Å². The highest BCUT2D eigenvalue weighted by molar-refractivity contribution is 8.01. The number of thioether (sulfide) groups is 1. The first kappa shape index (κ1) is 12.3. The lowest BCUT2D eigenvalue weighted by atomic mass is 10.3. The summed E-state index contributed by atoms with van der Waals surface area (Å²) in [5.74, 6) is 1.94. The third-order valence-corrected chi connectivity index (χ3v) is 4.37. The van der Waals surface area contributed by atoms with Crippen LogP contribution in [-0.4, -0.2) is 12.4 Å². The molecule has 1 heterocycles. The maximum atomic E-state index is 5.67. The van der Waals surface area contributed by atoms with Crippen molar-refractivity contribution in [1.82, 2.24) is 0 Å².